The molecule has 0 aliphatic carbocycles. The zero-order valence-electron chi connectivity index (χ0n) is 15.0. The van der Waals surface area contributed by atoms with E-state index in [0.29, 0.717) is 23.6 Å². The van der Waals surface area contributed by atoms with Gasteiger partial charge in [0, 0.05) is 11.1 Å². The van der Waals surface area contributed by atoms with E-state index in [4.69, 9.17) is 8.83 Å². The molecule has 0 radical (unpaired) electrons. The van der Waals surface area contributed by atoms with Crippen LogP contribution >= 0.6 is 0 Å². The Morgan fingerprint density at radius 1 is 0.929 bits per heavy atom. The summed E-state index contributed by atoms with van der Waals surface area (Å²) < 4.78 is 10.7. The Hall–Kier alpha value is -3.80. The minimum absolute atomic E-state index is 0.101. The van der Waals surface area contributed by atoms with Gasteiger partial charge in [-0.1, -0.05) is 30.3 Å². The summed E-state index contributed by atoms with van der Waals surface area (Å²) in [6.07, 6.45) is 1.82. The maximum absolute atomic E-state index is 12.4. The number of carbonyl (C=O) groups excluding carboxylic acids is 2. The number of hydrogen-bond acceptors (Lipinski definition) is 4. The smallest absolute Gasteiger partial charge is 0.291 e. The highest BCUT2D eigenvalue weighted by molar-refractivity contribution is 6.04. The first-order valence-electron chi connectivity index (χ1n) is 8.85. The van der Waals surface area contributed by atoms with Crippen molar-refractivity contribution in [1.82, 2.24) is 5.32 Å². The van der Waals surface area contributed by atoms with Gasteiger partial charge in [-0.05, 0) is 42.0 Å². The Kier molecular flexibility index (Phi) is 4.93. The van der Waals surface area contributed by atoms with E-state index in [1.165, 1.54) is 0 Å². The third-order valence-electron chi connectivity index (χ3n) is 4.27. The van der Waals surface area contributed by atoms with Gasteiger partial charge in [-0.2, -0.15) is 0 Å². The number of fused-ring (bicyclic) bond motifs is 1. The van der Waals surface area contributed by atoms with E-state index in [2.05, 4.69) is 10.6 Å². The SMILES string of the molecule is O=C(Cc1ccc(NC(=O)c2cc3ccccc3o2)cc1)NCc1ccco1. The number of nitrogens with one attached hydrogen (secondary N) is 2. The van der Waals surface area contributed by atoms with Gasteiger partial charge in [0.2, 0.25) is 5.91 Å². The molecule has 2 N–H and O–H groups in total. The van der Waals surface area contributed by atoms with Gasteiger partial charge in [-0.25, -0.2) is 0 Å². The van der Waals surface area contributed by atoms with Crippen LogP contribution in [0, 0.1) is 0 Å². The molecular formula is C22H18N2O4. The summed E-state index contributed by atoms with van der Waals surface area (Å²) in [5.74, 6) is 0.537. The molecule has 0 saturated heterocycles. The number of furan rings is 2. The van der Waals surface area contributed by atoms with Gasteiger partial charge >= 0.3 is 0 Å². The molecule has 6 heteroatoms. The molecule has 2 aromatic carbocycles. The number of hydrogen-bond donors (Lipinski definition) is 2. The number of para-hydroxylation sites is 1. The third-order valence-corrected chi connectivity index (χ3v) is 4.27. The van der Waals surface area contributed by atoms with Gasteiger partial charge in [-0.3, -0.25) is 9.59 Å². The first kappa shape index (κ1) is 17.6. The normalized spacial score (nSPS) is 10.7. The first-order valence-corrected chi connectivity index (χ1v) is 8.85. The van der Waals surface area contributed by atoms with Crippen molar-refractivity contribution in [2.45, 2.75) is 13.0 Å². The van der Waals surface area contributed by atoms with E-state index < -0.39 is 0 Å². The maximum atomic E-state index is 12.4. The highest BCUT2D eigenvalue weighted by atomic mass is 16.3. The summed E-state index contributed by atoms with van der Waals surface area (Å²) in [6, 6.07) is 19.9. The first-order chi connectivity index (χ1) is 13.7. The van der Waals surface area contributed by atoms with Crippen LogP contribution in [-0.4, -0.2) is 11.8 Å². The monoisotopic (exact) mass is 374 g/mol. The van der Waals surface area contributed by atoms with Crippen molar-refractivity contribution < 1.29 is 18.4 Å². The van der Waals surface area contributed by atoms with Crippen LogP contribution in [0.15, 0.2) is 81.8 Å². The summed E-state index contributed by atoms with van der Waals surface area (Å²) in [5, 5.41) is 6.48. The van der Waals surface area contributed by atoms with Crippen molar-refractivity contribution in [2.75, 3.05) is 5.32 Å². The molecule has 0 spiro atoms. The molecule has 0 fully saturated rings. The Bertz CT molecular complexity index is 1060. The summed E-state index contributed by atoms with van der Waals surface area (Å²) in [6.45, 7) is 0.359. The zero-order chi connectivity index (χ0) is 19.3. The summed E-state index contributed by atoms with van der Waals surface area (Å²) in [7, 11) is 0. The molecule has 0 saturated carbocycles. The van der Waals surface area contributed by atoms with Crippen LogP contribution in [0.1, 0.15) is 21.9 Å². The Labute approximate surface area is 161 Å². The van der Waals surface area contributed by atoms with Crippen LogP contribution in [-0.2, 0) is 17.8 Å². The van der Waals surface area contributed by atoms with Gasteiger partial charge in [-0.15, -0.1) is 0 Å². The molecule has 4 rings (SSSR count). The third kappa shape index (κ3) is 4.12. The number of carbonyl (C=O) groups is 2. The topological polar surface area (TPSA) is 84.5 Å². The molecule has 0 atom stereocenters. The standard InChI is InChI=1S/C22H18N2O4/c25-21(23-14-18-5-3-11-27-18)12-15-7-9-17(10-8-15)24-22(26)20-13-16-4-1-2-6-19(16)28-20/h1-11,13H,12,14H2,(H,23,25)(H,24,26). The lowest BCUT2D eigenvalue weighted by atomic mass is 10.1. The lowest BCUT2D eigenvalue weighted by Gasteiger charge is -2.06. The molecule has 6 nitrogen and oxygen atoms in total. The van der Waals surface area contributed by atoms with Crippen LogP contribution in [0.5, 0.6) is 0 Å². The zero-order valence-corrected chi connectivity index (χ0v) is 15.0. The van der Waals surface area contributed by atoms with Crippen molar-refractivity contribution >= 4 is 28.5 Å². The molecule has 0 bridgehead atoms. The van der Waals surface area contributed by atoms with Crippen molar-refractivity contribution in [3.63, 3.8) is 0 Å². The van der Waals surface area contributed by atoms with Gasteiger partial charge in [0.1, 0.15) is 11.3 Å². The minimum Gasteiger partial charge on any atom is -0.467 e. The van der Waals surface area contributed by atoms with Gasteiger partial charge < -0.3 is 19.5 Å². The number of amides is 2. The predicted molar refractivity (Wildman–Crippen MR) is 105 cm³/mol. The van der Waals surface area contributed by atoms with E-state index in [9.17, 15) is 9.59 Å². The maximum Gasteiger partial charge on any atom is 0.291 e. The lowest BCUT2D eigenvalue weighted by molar-refractivity contribution is -0.120. The van der Waals surface area contributed by atoms with Crippen LogP contribution < -0.4 is 10.6 Å². The molecule has 0 aliphatic heterocycles. The van der Waals surface area contributed by atoms with Crippen LogP contribution in [0.3, 0.4) is 0 Å². The number of anilines is 1. The predicted octanol–water partition coefficient (Wildman–Crippen LogP) is 4.14. The second kappa shape index (κ2) is 7.84. The number of benzene rings is 2. The quantitative estimate of drug-likeness (QED) is 0.531. The average Bonchev–Trinajstić information content (AvgIpc) is 3.37. The average molecular weight is 374 g/mol. The fourth-order valence-corrected chi connectivity index (χ4v) is 2.84. The fourth-order valence-electron chi connectivity index (χ4n) is 2.84. The Morgan fingerprint density at radius 3 is 2.50 bits per heavy atom. The molecule has 0 unspecified atom stereocenters. The molecule has 4 aromatic rings. The van der Waals surface area contributed by atoms with E-state index in [0.717, 1.165) is 10.9 Å². The minimum atomic E-state index is -0.319. The van der Waals surface area contributed by atoms with Crippen molar-refractivity contribution in [1.29, 1.82) is 0 Å². The number of rotatable bonds is 6. The van der Waals surface area contributed by atoms with E-state index in [-0.39, 0.29) is 24.0 Å². The fraction of sp³-hybridized carbons (Fsp3) is 0.0909. The van der Waals surface area contributed by atoms with Gasteiger partial charge in [0.15, 0.2) is 5.76 Å². The van der Waals surface area contributed by atoms with E-state index in [1.54, 1.807) is 48.7 Å². The van der Waals surface area contributed by atoms with Crippen molar-refractivity contribution in [3.05, 3.63) is 90.1 Å². The largest absolute Gasteiger partial charge is 0.467 e. The molecule has 2 heterocycles. The lowest BCUT2D eigenvalue weighted by Crippen LogP contribution is -2.24. The molecular weight excluding hydrogens is 356 g/mol. The molecule has 2 aromatic heterocycles. The van der Waals surface area contributed by atoms with Crippen LogP contribution in [0.2, 0.25) is 0 Å². The van der Waals surface area contributed by atoms with E-state index >= 15 is 0 Å². The second-order valence-corrected chi connectivity index (χ2v) is 6.33. The Balaban J connectivity index is 1.33. The van der Waals surface area contributed by atoms with E-state index in [1.807, 2.05) is 24.3 Å². The highest BCUT2D eigenvalue weighted by Crippen LogP contribution is 2.20. The van der Waals surface area contributed by atoms with Crippen LogP contribution in [0.4, 0.5) is 5.69 Å². The summed E-state index contributed by atoms with van der Waals surface area (Å²) in [4.78, 5) is 24.4. The second-order valence-electron chi connectivity index (χ2n) is 6.33. The summed E-state index contributed by atoms with van der Waals surface area (Å²) in [5.41, 5.74) is 2.15. The highest BCUT2D eigenvalue weighted by Gasteiger charge is 2.12. The molecule has 2 amide bonds. The van der Waals surface area contributed by atoms with Crippen molar-refractivity contribution in [2.24, 2.45) is 0 Å². The molecule has 0 aliphatic rings. The molecule has 140 valence electrons. The molecule has 28 heavy (non-hydrogen) atoms. The van der Waals surface area contributed by atoms with Crippen LogP contribution in [0.25, 0.3) is 11.0 Å². The summed E-state index contributed by atoms with van der Waals surface area (Å²) >= 11 is 0. The van der Waals surface area contributed by atoms with Gasteiger partial charge in [0.25, 0.3) is 5.91 Å². The van der Waals surface area contributed by atoms with Gasteiger partial charge in [0.05, 0.1) is 19.2 Å². The van der Waals surface area contributed by atoms with Crippen molar-refractivity contribution in [3.8, 4) is 0 Å². The Morgan fingerprint density at radius 2 is 1.75 bits per heavy atom.